The van der Waals surface area contributed by atoms with Gasteiger partial charge in [-0.25, -0.2) is 0 Å². The van der Waals surface area contributed by atoms with E-state index in [1.165, 1.54) is 6.21 Å². The Labute approximate surface area is 145 Å². The van der Waals surface area contributed by atoms with Gasteiger partial charge in [0.05, 0.1) is 20.4 Å². The summed E-state index contributed by atoms with van der Waals surface area (Å²) in [6.07, 6.45) is 1.48. The predicted octanol–water partition coefficient (Wildman–Crippen LogP) is 3.35. The molecule has 0 aliphatic rings. The van der Waals surface area contributed by atoms with Crippen LogP contribution in [0.5, 0.6) is 11.5 Å². The van der Waals surface area contributed by atoms with E-state index in [0.29, 0.717) is 22.2 Å². The number of nitrogens with one attached hydrogen (secondary N) is 1. The highest BCUT2D eigenvalue weighted by atomic mass is 35.5. The van der Waals surface area contributed by atoms with Gasteiger partial charge in [-0.05, 0) is 42.5 Å². The standard InChI is InChI=1S/C17H17ClN2O4/c1-22-15-8-3-12(9-16(15)23-2)10-19-24-11-17(21)20-14-6-4-13(18)5-7-14/h3-10H,11H2,1-2H3,(H,20,21)/b19-10+. The lowest BCUT2D eigenvalue weighted by molar-refractivity contribution is -0.120. The van der Waals surface area contributed by atoms with Crippen molar-refractivity contribution >= 4 is 29.4 Å². The maximum atomic E-state index is 11.7. The number of amides is 1. The van der Waals surface area contributed by atoms with Gasteiger partial charge in [0.2, 0.25) is 0 Å². The second kappa shape index (κ2) is 8.79. The first-order valence-electron chi connectivity index (χ1n) is 7.05. The summed E-state index contributed by atoms with van der Waals surface area (Å²) in [6.45, 7) is -0.202. The summed E-state index contributed by atoms with van der Waals surface area (Å²) in [5.74, 6) is 0.890. The molecular weight excluding hydrogens is 332 g/mol. The number of nitrogens with zero attached hydrogens (tertiary/aromatic N) is 1. The minimum atomic E-state index is -0.318. The zero-order chi connectivity index (χ0) is 17.4. The van der Waals surface area contributed by atoms with Gasteiger partial charge in [0.15, 0.2) is 18.1 Å². The largest absolute Gasteiger partial charge is 0.493 e. The molecule has 0 fully saturated rings. The molecule has 2 aromatic rings. The molecule has 1 N–H and O–H groups in total. The molecule has 0 heterocycles. The van der Waals surface area contributed by atoms with E-state index in [1.807, 2.05) is 0 Å². The van der Waals surface area contributed by atoms with Gasteiger partial charge >= 0.3 is 0 Å². The number of hydrogen-bond acceptors (Lipinski definition) is 5. The third-order valence-electron chi connectivity index (χ3n) is 3.01. The van der Waals surface area contributed by atoms with Crippen molar-refractivity contribution in [2.24, 2.45) is 5.16 Å². The number of benzene rings is 2. The Morgan fingerprint density at radius 2 is 1.83 bits per heavy atom. The van der Waals surface area contributed by atoms with E-state index in [9.17, 15) is 4.79 Å². The number of oxime groups is 1. The van der Waals surface area contributed by atoms with Crippen molar-refractivity contribution < 1.29 is 19.1 Å². The van der Waals surface area contributed by atoms with Crippen LogP contribution in [0.2, 0.25) is 5.02 Å². The van der Waals surface area contributed by atoms with Crippen molar-refractivity contribution in [1.82, 2.24) is 0 Å². The first kappa shape index (κ1) is 17.6. The molecule has 0 aliphatic heterocycles. The molecule has 2 rings (SSSR count). The van der Waals surface area contributed by atoms with Crippen LogP contribution in [0, 0.1) is 0 Å². The first-order chi connectivity index (χ1) is 11.6. The number of hydrogen-bond donors (Lipinski definition) is 1. The molecule has 0 atom stereocenters. The average Bonchev–Trinajstić information content (AvgIpc) is 2.60. The summed E-state index contributed by atoms with van der Waals surface area (Å²) in [4.78, 5) is 16.7. The molecule has 2 aromatic carbocycles. The Morgan fingerprint density at radius 1 is 1.12 bits per heavy atom. The van der Waals surface area contributed by atoms with Crippen LogP contribution in [0.4, 0.5) is 5.69 Å². The van der Waals surface area contributed by atoms with Crippen molar-refractivity contribution in [1.29, 1.82) is 0 Å². The van der Waals surface area contributed by atoms with E-state index in [-0.39, 0.29) is 12.5 Å². The third kappa shape index (κ3) is 5.17. The molecule has 0 bridgehead atoms. The highest BCUT2D eigenvalue weighted by Crippen LogP contribution is 2.26. The fourth-order valence-corrected chi connectivity index (χ4v) is 1.98. The lowest BCUT2D eigenvalue weighted by Crippen LogP contribution is -2.16. The number of carbonyl (C=O) groups excluding carboxylic acids is 1. The van der Waals surface area contributed by atoms with Gasteiger partial charge in [-0.15, -0.1) is 0 Å². The van der Waals surface area contributed by atoms with Crippen LogP contribution in [-0.4, -0.2) is 32.9 Å². The number of methoxy groups -OCH3 is 2. The van der Waals surface area contributed by atoms with E-state index >= 15 is 0 Å². The normalized spacial score (nSPS) is 10.5. The molecule has 0 unspecified atom stereocenters. The predicted molar refractivity (Wildman–Crippen MR) is 93.2 cm³/mol. The Hall–Kier alpha value is -2.73. The Kier molecular flexibility index (Phi) is 6.45. The van der Waals surface area contributed by atoms with E-state index in [4.69, 9.17) is 25.9 Å². The molecular formula is C17H17ClN2O4. The second-order valence-electron chi connectivity index (χ2n) is 4.68. The third-order valence-corrected chi connectivity index (χ3v) is 3.26. The monoisotopic (exact) mass is 348 g/mol. The minimum absolute atomic E-state index is 0.202. The fraction of sp³-hybridized carbons (Fsp3) is 0.176. The number of carbonyl (C=O) groups is 1. The summed E-state index contributed by atoms with van der Waals surface area (Å²) in [6, 6.07) is 12.1. The molecule has 0 saturated heterocycles. The molecule has 0 aliphatic carbocycles. The van der Waals surface area contributed by atoms with Crippen LogP contribution in [-0.2, 0) is 9.63 Å². The van der Waals surface area contributed by atoms with Crippen LogP contribution in [0.15, 0.2) is 47.6 Å². The Morgan fingerprint density at radius 3 is 2.50 bits per heavy atom. The Bertz CT molecular complexity index is 717. The highest BCUT2D eigenvalue weighted by molar-refractivity contribution is 6.30. The van der Waals surface area contributed by atoms with Crippen LogP contribution in [0.3, 0.4) is 0 Å². The maximum absolute atomic E-state index is 11.7. The minimum Gasteiger partial charge on any atom is -0.493 e. The van der Waals surface area contributed by atoms with Gasteiger partial charge in [-0.1, -0.05) is 16.8 Å². The summed E-state index contributed by atoms with van der Waals surface area (Å²) < 4.78 is 10.3. The van der Waals surface area contributed by atoms with E-state index in [1.54, 1.807) is 56.7 Å². The fourth-order valence-electron chi connectivity index (χ4n) is 1.86. The second-order valence-corrected chi connectivity index (χ2v) is 5.11. The molecule has 0 radical (unpaired) electrons. The van der Waals surface area contributed by atoms with Crippen LogP contribution < -0.4 is 14.8 Å². The van der Waals surface area contributed by atoms with Gasteiger partial charge < -0.3 is 19.6 Å². The Balaban J connectivity index is 1.83. The van der Waals surface area contributed by atoms with Gasteiger partial charge in [0, 0.05) is 16.3 Å². The summed E-state index contributed by atoms with van der Waals surface area (Å²) in [5, 5.41) is 7.03. The molecule has 7 heteroatoms. The molecule has 24 heavy (non-hydrogen) atoms. The van der Waals surface area contributed by atoms with Crippen molar-refractivity contribution in [3.05, 3.63) is 53.1 Å². The SMILES string of the molecule is COc1ccc(/C=N/OCC(=O)Nc2ccc(Cl)cc2)cc1OC. The van der Waals surface area contributed by atoms with Crippen molar-refractivity contribution in [2.45, 2.75) is 0 Å². The molecule has 0 spiro atoms. The lowest BCUT2D eigenvalue weighted by Gasteiger charge is -2.07. The smallest absolute Gasteiger partial charge is 0.265 e. The summed E-state index contributed by atoms with van der Waals surface area (Å²) >= 11 is 5.78. The van der Waals surface area contributed by atoms with Gasteiger partial charge in [0.25, 0.3) is 5.91 Å². The van der Waals surface area contributed by atoms with Gasteiger partial charge in [-0.3, -0.25) is 4.79 Å². The van der Waals surface area contributed by atoms with E-state index in [0.717, 1.165) is 5.56 Å². The molecule has 0 saturated carbocycles. The van der Waals surface area contributed by atoms with Crippen molar-refractivity contribution in [2.75, 3.05) is 26.1 Å². The van der Waals surface area contributed by atoms with Gasteiger partial charge in [0.1, 0.15) is 0 Å². The molecule has 6 nitrogen and oxygen atoms in total. The van der Waals surface area contributed by atoms with Crippen LogP contribution in [0.1, 0.15) is 5.56 Å². The quantitative estimate of drug-likeness (QED) is 0.615. The summed E-state index contributed by atoms with van der Waals surface area (Å²) in [7, 11) is 3.12. The number of anilines is 1. The first-order valence-corrected chi connectivity index (χ1v) is 7.43. The van der Waals surface area contributed by atoms with E-state index < -0.39 is 0 Å². The zero-order valence-electron chi connectivity index (χ0n) is 13.3. The summed E-state index contributed by atoms with van der Waals surface area (Å²) in [5.41, 5.74) is 1.39. The molecule has 0 aromatic heterocycles. The van der Waals surface area contributed by atoms with Crippen LogP contribution in [0.25, 0.3) is 0 Å². The van der Waals surface area contributed by atoms with E-state index in [2.05, 4.69) is 10.5 Å². The topological polar surface area (TPSA) is 69.2 Å². The average molecular weight is 349 g/mol. The van der Waals surface area contributed by atoms with Gasteiger partial charge in [-0.2, -0.15) is 0 Å². The molecule has 1 amide bonds. The number of ether oxygens (including phenoxy) is 2. The zero-order valence-corrected chi connectivity index (χ0v) is 14.0. The lowest BCUT2D eigenvalue weighted by atomic mass is 10.2. The van der Waals surface area contributed by atoms with Crippen LogP contribution >= 0.6 is 11.6 Å². The maximum Gasteiger partial charge on any atom is 0.265 e. The van der Waals surface area contributed by atoms with Crippen molar-refractivity contribution in [3.8, 4) is 11.5 Å². The number of halogens is 1. The highest BCUT2D eigenvalue weighted by Gasteiger charge is 2.04. The van der Waals surface area contributed by atoms with Crippen molar-refractivity contribution in [3.63, 3.8) is 0 Å². The number of rotatable bonds is 7. The molecule has 126 valence electrons.